The second kappa shape index (κ2) is 11.3. The van der Waals surface area contributed by atoms with E-state index in [-0.39, 0.29) is 17.9 Å². The van der Waals surface area contributed by atoms with Gasteiger partial charge in [0, 0.05) is 31.9 Å². The zero-order valence-electron chi connectivity index (χ0n) is 17.9. The van der Waals surface area contributed by atoms with Gasteiger partial charge in [0.25, 0.3) is 0 Å². The second-order valence-electron chi connectivity index (χ2n) is 7.77. The van der Waals surface area contributed by atoms with Gasteiger partial charge in [-0.2, -0.15) is 18.3 Å². The van der Waals surface area contributed by atoms with Crippen LogP contribution in [0.3, 0.4) is 0 Å². The lowest BCUT2D eigenvalue weighted by atomic mass is 9.99. The summed E-state index contributed by atoms with van der Waals surface area (Å²) in [4.78, 5) is 21.2. The molecule has 1 aromatic carbocycles. The summed E-state index contributed by atoms with van der Waals surface area (Å²) in [5, 5.41) is 14.9. The first-order valence-corrected chi connectivity index (χ1v) is 10.6. The van der Waals surface area contributed by atoms with E-state index >= 15 is 0 Å². The molecule has 1 amide bonds. The molecule has 0 aliphatic carbocycles. The standard InChI is InChI=1S/C20H25N3O3.C2HF3O2/c24-20(16-6-9-25-10-7-16)21-12-18-19-17(8-11-26-18)14-23(22-19)13-15-4-2-1-3-5-15;3-2(4,5)1(6)7/h1-5,14,16,18H,6-13H2,(H,21,24);(H,6,7). The number of carboxylic acid groups (broad SMARTS) is 1. The number of ether oxygens (including phenoxy) is 2. The summed E-state index contributed by atoms with van der Waals surface area (Å²) in [5.41, 5.74) is 3.40. The molecule has 2 aliphatic heterocycles. The second-order valence-corrected chi connectivity index (χ2v) is 7.77. The maximum absolute atomic E-state index is 12.4. The van der Waals surface area contributed by atoms with Gasteiger partial charge in [-0.1, -0.05) is 30.3 Å². The quantitative estimate of drug-likeness (QED) is 0.698. The van der Waals surface area contributed by atoms with Crippen molar-refractivity contribution in [1.82, 2.24) is 15.1 Å². The number of nitrogens with zero attached hydrogens (tertiary/aromatic N) is 2. The zero-order valence-corrected chi connectivity index (χ0v) is 17.9. The number of benzene rings is 1. The molecule has 0 bridgehead atoms. The first-order valence-electron chi connectivity index (χ1n) is 10.6. The van der Waals surface area contributed by atoms with E-state index in [2.05, 4.69) is 23.6 Å². The highest BCUT2D eigenvalue weighted by Gasteiger charge is 2.38. The highest BCUT2D eigenvalue weighted by atomic mass is 19.4. The van der Waals surface area contributed by atoms with Crippen molar-refractivity contribution in [3.63, 3.8) is 0 Å². The van der Waals surface area contributed by atoms with Crippen molar-refractivity contribution in [2.45, 2.75) is 38.1 Å². The van der Waals surface area contributed by atoms with E-state index in [0.717, 1.165) is 31.5 Å². The summed E-state index contributed by atoms with van der Waals surface area (Å²) in [6, 6.07) is 10.3. The van der Waals surface area contributed by atoms with Crippen LogP contribution in [0.15, 0.2) is 36.5 Å². The highest BCUT2D eigenvalue weighted by molar-refractivity contribution is 5.78. The molecule has 0 radical (unpaired) electrons. The van der Waals surface area contributed by atoms with Gasteiger partial charge in [-0.25, -0.2) is 4.79 Å². The summed E-state index contributed by atoms with van der Waals surface area (Å²) >= 11 is 0. The van der Waals surface area contributed by atoms with Crippen molar-refractivity contribution >= 4 is 11.9 Å². The number of alkyl halides is 3. The third-order valence-electron chi connectivity index (χ3n) is 5.35. The zero-order chi connectivity index (χ0) is 23.8. The third-order valence-corrected chi connectivity index (χ3v) is 5.35. The number of aliphatic carboxylic acids is 1. The summed E-state index contributed by atoms with van der Waals surface area (Å²) in [6.45, 7) is 3.24. The number of amides is 1. The Morgan fingerprint density at radius 3 is 2.45 bits per heavy atom. The average molecular weight is 469 g/mol. The predicted molar refractivity (Wildman–Crippen MR) is 110 cm³/mol. The van der Waals surface area contributed by atoms with Crippen molar-refractivity contribution in [3.05, 3.63) is 53.3 Å². The normalized spacial score (nSPS) is 18.6. The Hall–Kier alpha value is -2.92. The highest BCUT2D eigenvalue weighted by Crippen LogP contribution is 2.26. The van der Waals surface area contributed by atoms with Crippen molar-refractivity contribution in [2.24, 2.45) is 5.92 Å². The van der Waals surface area contributed by atoms with Gasteiger partial charge in [0.05, 0.1) is 18.8 Å². The Labute approximate surface area is 188 Å². The molecule has 4 rings (SSSR count). The smallest absolute Gasteiger partial charge is 0.475 e. The fourth-order valence-electron chi connectivity index (χ4n) is 3.64. The number of hydrogen-bond donors (Lipinski definition) is 2. The molecule has 1 saturated heterocycles. The van der Waals surface area contributed by atoms with Gasteiger partial charge < -0.3 is 19.9 Å². The Kier molecular flexibility index (Phi) is 8.45. The van der Waals surface area contributed by atoms with Gasteiger partial charge in [0.1, 0.15) is 6.10 Å². The van der Waals surface area contributed by atoms with Crippen molar-refractivity contribution in [2.75, 3.05) is 26.4 Å². The van der Waals surface area contributed by atoms with Gasteiger partial charge in [0.2, 0.25) is 5.91 Å². The van der Waals surface area contributed by atoms with Gasteiger partial charge >= 0.3 is 12.1 Å². The fraction of sp³-hybridized carbons (Fsp3) is 0.500. The lowest BCUT2D eigenvalue weighted by Gasteiger charge is -2.25. The van der Waals surface area contributed by atoms with E-state index in [9.17, 15) is 18.0 Å². The topological polar surface area (TPSA) is 103 Å². The first-order chi connectivity index (χ1) is 15.7. The number of hydrogen-bond acceptors (Lipinski definition) is 5. The molecule has 1 aromatic heterocycles. The van der Waals surface area contributed by atoms with Gasteiger partial charge in [-0.05, 0) is 30.4 Å². The molecular weight excluding hydrogens is 443 g/mol. The molecule has 2 aliphatic rings. The minimum atomic E-state index is -5.08. The van der Waals surface area contributed by atoms with E-state index in [1.54, 1.807) is 0 Å². The van der Waals surface area contributed by atoms with Gasteiger partial charge in [0.15, 0.2) is 0 Å². The summed E-state index contributed by atoms with van der Waals surface area (Å²) in [6.07, 6.45) is -0.672. The number of carboxylic acids is 1. The molecule has 3 heterocycles. The number of carbonyl (C=O) groups is 2. The Morgan fingerprint density at radius 2 is 1.82 bits per heavy atom. The fourth-order valence-corrected chi connectivity index (χ4v) is 3.64. The minimum Gasteiger partial charge on any atom is -0.475 e. The molecule has 33 heavy (non-hydrogen) atoms. The maximum atomic E-state index is 12.4. The Morgan fingerprint density at radius 1 is 1.15 bits per heavy atom. The molecule has 0 saturated carbocycles. The van der Waals surface area contributed by atoms with E-state index in [1.165, 1.54) is 11.1 Å². The third kappa shape index (κ3) is 7.29. The molecule has 8 nitrogen and oxygen atoms in total. The van der Waals surface area contributed by atoms with Gasteiger partial charge in [-0.15, -0.1) is 0 Å². The Balaban J connectivity index is 0.000000383. The maximum Gasteiger partial charge on any atom is 0.490 e. The van der Waals surface area contributed by atoms with Crippen molar-refractivity contribution < 1.29 is 37.3 Å². The number of carbonyl (C=O) groups excluding carboxylic acids is 1. The van der Waals surface area contributed by atoms with Crippen LogP contribution < -0.4 is 5.32 Å². The van der Waals surface area contributed by atoms with Crippen LogP contribution in [-0.2, 0) is 32.0 Å². The number of nitrogens with one attached hydrogen (secondary N) is 1. The number of rotatable bonds is 5. The van der Waals surface area contributed by atoms with E-state index in [0.29, 0.717) is 26.4 Å². The lowest BCUT2D eigenvalue weighted by molar-refractivity contribution is -0.192. The van der Waals surface area contributed by atoms with Crippen LogP contribution in [0.1, 0.15) is 35.8 Å². The molecule has 2 N–H and O–H groups in total. The molecule has 1 unspecified atom stereocenters. The number of fused-ring (bicyclic) bond motifs is 1. The van der Waals surface area contributed by atoms with Crippen LogP contribution >= 0.6 is 0 Å². The largest absolute Gasteiger partial charge is 0.490 e. The molecule has 0 spiro atoms. The first kappa shape index (κ1) is 24.7. The summed E-state index contributed by atoms with van der Waals surface area (Å²) in [7, 11) is 0. The molecular formula is C22H26F3N3O5. The van der Waals surface area contributed by atoms with Crippen LogP contribution in [0.25, 0.3) is 0 Å². The summed E-state index contributed by atoms with van der Waals surface area (Å²) < 4.78 is 44.9. The molecule has 1 atom stereocenters. The van der Waals surface area contributed by atoms with E-state index in [1.807, 2.05) is 22.9 Å². The molecule has 180 valence electrons. The molecule has 2 aromatic rings. The van der Waals surface area contributed by atoms with Crippen molar-refractivity contribution in [3.8, 4) is 0 Å². The van der Waals surface area contributed by atoms with Crippen molar-refractivity contribution in [1.29, 1.82) is 0 Å². The van der Waals surface area contributed by atoms with E-state index < -0.39 is 12.1 Å². The average Bonchev–Trinajstić information content (AvgIpc) is 3.21. The summed E-state index contributed by atoms with van der Waals surface area (Å²) in [5.74, 6) is -2.59. The lowest BCUT2D eigenvalue weighted by Crippen LogP contribution is -2.37. The number of aromatic nitrogens is 2. The van der Waals surface area contributed by atoms with Crippen LogP contribution in [0.4, 0.5) is 13.2 Å². The minimum absolute atomic E-state index is 0.0578. The predicted octanol–water partition coefficient (Wildman–Crippen LogP) is 2.72. The van der Waals surface area contributed by atoms with E-state index in [4.69, 9.17) is 24.5 Å². The van der Waals surface area contributed by atoms with Gasteiger partial charge in [-0.3, -0.25) is 9.48 Å². The SMILES string of the molecule is O=C(NCC1OCCc2cn(Cc3ccccc3)nc21)C1CCOCC1.O=C(O)C(F)(F)F. The molecule has 1 fully saturated rings. The van der Waals surface area contributed by atoms with Crippen LogP contribution in [0.5, 0.6) is 0 Å². The van der Waals surface area contributed by atoms with Crippen LogP contribution in [-0.4, -0.2) is 59.3 Å². The van der Waals surface area contributed by atoms with Crippen LogP contribution in [0, 0.1) is 5.92 Å². The van der Waals surface area contributed by atoms with Crippen LogP contribution in [0.2, 0.25) is 0 Å². The molecule has 11 heteroatoms. The number of halogens is 3. The monoisotopic (exact) mass is 469 g/mol. The Bertz CT molecular complexity index is 927.